The van der Waals surface area contributed by atoms with Gasteiger partial charge >= 0.3 is 15.6 Å². The van der Waals surface area contributed by atoms with E-state index in [1.165, 1.54) is 18.5 Å². The fourth-order valence-electron chi connectivity index (χ4n) is 2.74. The summed E-state index contributed by atoms with van der Waals surface area (Å²) >= 11 is 0. The predicted octanol–water partition coefficient (Wildman–Crippen LogP) is 1.92. The van der Waals surface area contributed by atoms with E-state index in [9.17, 15) is 26.9 Å². The van der Waals surface area contributed by atoms with E-state index in [1.807, 2.05) is 6.07 Å². The van der Waals surface area contributed by atoms with Crippen LogP contribution in [0.1, 0.15) is 12.5 Å². The van der Waals surface area contributed by atoms with E-state index < -0.39 is 28.0 Å². The first-order chi connectivity index (χ1) is 12.6. The van der Waals surface area contributed by atoms with Crippen LogP contribution in [0.2, 0.25) is 0 Å². The van der Waals surface area contributed by atoms with E-state index in [1.54, 1.807) is 17.9 Å². The average Bonchev–Trinajstić information content (AvgIpc) is 2.58. The Morgan fingerprint density at radius 1 is 1.26 bits per heavy atom. The molecule has 0 unspecified atom stereocenters. The summed E-state index contributed by atoms with van der Waals surface area (Å²) in [6.07, 6.45) is 0.563. The third-order valence-electron chi connectivity index (χ3n) is 3.81. The lowest BCUT2D eigenvalue weighted by Crippen LogP contribution is -2.49. The first-order valence-corrected chi connectivity index (χ1v) is 9.07. The van der Waals surface area contributed by atoms with Crippen molar-refractivity contribution in [2.75, 3.05) is 18.0 Å². The molecule has 8 nitrogen and oxygen atoms in total. The van der Waals surface area contributed by atoms with Gasteiger partial charge in [-0.05, 0) is 19.1 Å². The van der Waals surface area contributed by atoms with Gasteiger partial charge in [-0.2, -0.15) is 26.9 Å². The van der Waals surface area contributed by atoms with Gasteiger partial charge in [-0.25, -0.2) is 4.18 Å². The maximum absolute atomic E-state index is 12.6. The predicted molar refractivity (Wildman–Crippen MR) is 86.9 cm³/mol. The van der Waals surface area contributed by atoms with Gasteiger partial charge in [-0.15, -0.1) is 0 Å². The normalized spacial score (nSPS) is 21.2. The molecule has 2 heterocycles. The first-order valence-electron chi connectivity index (χ1n) is 7.66. The van der Waals surface area contributed by atoms with Crippen molar-refractivity contribution in [3.05, 3.63) is 30.1 Å². The quantitative estimate of drug-likeness (QED) is 0.566. The number of nitrogens with zero attached hydrogens (tertiary/aromatic N) is 4. The number of benzene rings is 1. The molecule has 1 aromatic heterocycles. The number of nitriles is 1. The Balaban J connectivity index is 1.94. The van der Waals surface area contributed by atoms with Gasteiger partial charge in [0.15, 0.2) is 6.29 Å². The molecule has 0 amide bonds. The zero-order valence-electron chi connectivity index (χ0n) is 13.8. The lowest BCUT2D eigenvalue weighted by molar-refractivity contribution is -0.133. The zero-order chi connectivity index (χ0) is 19.8. The highest BCUT2D eigenvalue weighted by atomic mass is 32.2. The molecular formula is C15H13F3N4O4S. The molecule has 12 heteroatoms. The van der Waals surface area contributed by atoms with Crippen molar-refractivity contribution in [1.82, 2.24) is 9.97 Å². The number of anilines is 1. The molecule has 0 bridgehead atoms. The van der Waals surface area contributed by atoms with Crippen LogP contribution in [0.5, 0.6) is 0 Å². The fourth-order valence-corrected chi connectivity index (χ4v) is 3.24. The zero-order valence-corrected chi connectivity index (χ0v) is 14.7. The average molecular weight is 402 g/mol. The topological polar surface area (TPSA) is 105 Å². The summed E-state index contributed by atoms with van der Waals surface area (Å²) < 4.78 is 69.6. The summed E-state index contributed by atoms with van der Waals surface area (Å²) in [5.41, 5.74) is -4.09. The highest BCUT2D eigenvalue weighted by molar-refractivity contribution is 7.87. The Morgan fingerprint density at radius 3 is 2.56 bits per heavy atom. The maximum Gasteiger partial charge on any atom is 0.523 e. The number of halogens is 3. The minimum atomic E-state index is -5.80. The van der Waals surface area contributed by atoms with E-state index in [-0.39, 0.29) is 18.7 Å². The summed E-state index contributed by atoms with van der Waals surface area (Å²) in [6, 6.07) is 5.07. The van der Waals surface area contributed by atoms with Crippen molar-refractivity contribution >= 4 is 26.8 Å². The molecule has 0 N–H and O–H groups in total. The molecule has 1 aliphatic rings. The van der Waals surface area contributed by atoms with Crippen LogP contribution in [-0.2, 0) is 19.0 Å². The van der Waals surface area contributed by atoms with E-state index in [2.05, 4.69) is 14.2 Å². The van der Waals surface area contributed by atoms with Crippen LogP contribution in [0.4, 0.5) is 18.9 Å². The van der Waals surface area contributed by atoms with Gasteiger partial charge < -0.3 is 9.64 Å². The van der Waals surface area contributed by atoms with Gasteiger partial charge in [0.2, 0.25) is 0 Å². The number of alkyl halides is 3. The second-order valence-corrected chi connectivity index (χ2v) is 7.34. The maximum atomic E-state index is 12.6. The van der Waals surface area contributed by atoms with Crippen molar-refractivity contribution in [1.29, 1.82) is 5.26 Å². The van der Waals surface area contributed by atoms with Crippen molar-refractivity contribution in [3.63, 3.8) is 0 Å². The molecule has 27 heavy (non-hydrogen) atoms. The van der Waals surface area contributed by atoms with Crippen LogP contribution >= 0.6 is 0 Å². The Kier molecular flexibility index (Phi) is 4.94. The number of fused-ring (bicyclic) bond motifs is 1. The van der Waals surface area contributed by atoms with Gasteiger partial charge in [-0.3, -0.25) is 9.97 Å². The SMILES string of the molecule is C[C@@H]1CN(c2ccc(C#N)c3nccnc23)C[C@@H](OS(=O)(=O)C(F)(F)F)O1. The van der Waals surface area contributed by atoms with Crippen molar-refractivity contribution in [3.8, 4) is 6.07 Å². The van der Waals surface area contributed by atoms with E-state index in [4.69, 9.17) is 4.74 Å². The van der Waals surface area contributed by atoms with Gasteiger partial charge in [0.05, 0.1) is 23.9 Å². The summed E-state index contributed by atoms with van der Waals surface area (Å²) in [4.78, 5) is 9.90. The lowest BCUT2D eigenvalue weighted by Gasteiger charge is -2.37. The third-order valence-corrected chi connectivity index (χ3v) is 4.85. The Bertz CT molecular complexity index is 1010. The standard InChI is InChI=1S/C15H13F3N4O4S/c1-9-7-22(8-12(25-9)26-27(23,24)15(16,17)18)11-3-2-10(6-19)13-14(11)21-5-4-20-13/h2-5,9,12H,7-8H2,1H3/t9-,12-/m1/s1. The molecule has 0 radical (unpaired) electrons. The number of hydrogen-bond acceptors (Lipinski definition) is 8. The van der Waals surface area contributed by atoms with Crippen LogP contribution in [0, 0.1) is 11.3 Å². The van der Waals surface area contributed by atoms with Gasteiger partial charge in [-0.1, -0.05) is 0 Å². The largest absolute Gasteiger partial charge is 0.523 e. The van der Waals surface area contributed by atoms with Crippen LogP contribution in [0.25, 0.3) is 11.0 Å². The summed E-state index contributed by atoms with van der Waals surface area (Å²) in [6.45, 7) is 1.54. The van der Waals surface area contributed by atoms with E-state index in [0.717, 1.165) is 0 Å². The van der Waals surface area contributed by atoms with Crippen LogP contribution in [0.15, 0.2) is 24.5 Å². The minimum absolute atomic E-state index is 0.253. The molecule has 144 valence electrons. The monoisotopic (exact) mass is 402 g/mol. The molecular weight excluding hydrogens is 389 g/mol. The highest BCUT2D eigenvalue weighted by Gasteiger charge is 2.49. The summed E-state index contributed by atoms with van der Waals surface area (Å²) in [5.74, 6) is 0. The van der Waals surface area contributed by atoms with E-state index >= 15 is 0 Å². The summed E-state index contributed by atoms with van der Waals surface area (Å²) in [7, 11) is -5.80. The van der Waals surface area contributed by atoms with Crippen LogP contribution < -0.4 is 4.90 Å². The molecule has 1 aromatic carbocycles. The number of rotatable bonds is 3. The molecule has 0 aliphatic carbocycles. The third kappa shape index (κ3) is 3.80. The van der Waals surface area contributed by atoms with Crippen molar-refractivity contribution in [2.24, 2.45) is 0 Å². The molecule has 0 saturated carbocycles. The van der Waals surface area contributed by atoms with Crippen molar-refractivity contribution in [2.45, 2.75) is 24.8 Å². The van der Waals surface area contributed by atoms with Gasteiger partial charge in [0.1, 0.15) is 17.1 Å². The van der Waals surface area contributed by atoms with Gasteiger partial charge in [0, 0.05) is 18.9 Å². The fraction of sp³-hybridized carbons (Fsp3) is 0.400. The van der Waals surface area contributed by atoms with Crippen LogP contribution in [-0.4, -0.2) is 49.4 Å². The molecule has 1 saturated heterocycles. The Hall–Kier alpha value is -2.49. The number of aromatic nitrogens is 2. The number of hydrogen-bond donors (Lipinski definition) is 0. The highest BCUT2D eigenvalue weighted by Crippen LogP contribution is 2.31. The lowest BCUT2D eigenvalue weighted by atomic mass is 10.1. The molecule has 1 aliphatic heterocycles. The van der Waals surface area contributed by atoms with E-state index in [0.29, 0.717) is 16.7 Å². The molecule has 2 aromatic rings. The van der Waals surface area contributed by atoms with Gasteiger partial charge in [0.25, 0.3) is 0 Å². The summed E-state index contributed by atoms with van der Waals surface area (Å²) in [5, 5.41) is 9.18. The molecule has 3 rings (SSSR count). The second-order valence-electron chi connectivity index (χ2n) is 5.77. The number of ether oxygens (including phenoxy) is 1. The van der Waals surface area contributed by atoms with Crippen LogP contribution in [0.3, 0.4) is 0 Å². The second kappa shape index (κ2) is 6.91. The first kappa shape index (κ1) is 19.3. The Morgan fingerprint density at radius 2 is 1.93 bits per heavy atom. The molecule has 1 fully saturated rings. The smallest absolute Gasteiger partial charge is 0.362 e. The molecule has 0 spiro atoms. The van der Waals surface area contributed by atoms with Crippen molar-refractivity contribution < 1.29 is 30.5 Å². The minimum Gasteiger partial charge on any atom is -0.362 e. The number of morpholine rings is 1. The molecule has 2 atom stereocenters. The Labute approximate surface area is 152 Å².